The van der Waals surface area contributed by atoms with Crippen LogP contribution in [-0.2, 0) is 11.3 Å². The van der Waals surface area contributed by atoms with Crippen molar-refractivity contribution >= 4 is 16.7 Å². The molecule has 0 saturated heterocycles. The van der Waals surface area contributed by atoms with E-state index in [1.807, 2.05) is 18.2 Å². The van der Waals surface area contributed by atoms with Crippen LogP contribution in [0.1, 0.15) is 62.5 Å². The summed E-state index contributed by atoms with van der Waals surface area (Å²) in [5.74, 6) is 0.357. The third-order valence-corrected chi connectivity index (χ3v) is 5.63. The third kappa shape index (κ3) is 5.82. The standard InChI is InChI=1S/C28H33NO/c1-3-5-6-7-11-17-25(30)20-24(14-4-2)27-22-29(21-23-15-9-8-10-16-23)28-19-13-12-18-26(27)28/h4,8-13,15-19,22,24H,2-3,5-7,14,20-21H2,1H3/b17-11+/t24-/m0/s1. The van der Waals surface area contributed by atoms with Gasteiger partial charge in [-0.25, -0.2) is 0 Å². The van der Waals surface area contributed by atoms with Gasteiger partial charge in [-0.3, -0.25) is 4.79 Å². The highest BCUT2D eigenvalue weighted by Gasteiger charge is 2.19. The Balaban J connectivity index is 1.82. The van der Waals surface area contributed by atoms with Gasteiger partial charge in [0.15, 0.2) is 5.78 Å². The second kappa shape index (κ2) is 11.3. The maximum atomic E-state index is 12.6. The molecular formula is C28H33NO. The van der Waals surface area contributed by atoms with Crippen molar-refractivity contribution in [2.24, 2.45) is 0 Å². The Morgan fingerprint density at radius 3 is 2.60 bits per heavy atom. The summed E-state index contributed by atoms with van der Waals surface area (Å²) < 4.78 is 2.31. The summed E-state index contributed by atoms with van der Waals surface area (Å²) in [6.07, 6.45) is 13.9. The summed E-state index contributed by atoms with van der Waals surface area (Å²) in [6, 6.07) is 19.0. The lowest BCUT2D eigenvalue weighted by Gasteiger charge is -2.13. The monoisotopic (exact) mass is 399 g/mol. The van der Waals surface area contributed by atoms with Crippen LogP contribution in [0.25, 0.3) is 10.9 Å². The lowest BCUT2D eigenvalue weighted by atomic mass is 9.90. The molecule has 0 radical (unpaired) electrons. The highest BCUT2D eigenvalue weighted by Crippen LogP contribution is 2.33. The molecule has 3 rings (SSSR count). The lowest BCUT2D eigenvalue weighted by molar-refractivity contribution is -0.115. The van der Waals surface area contributed by atoms with Crippen LogP contribution in [0.4, 0.5) is 0 Å². The molecule has 1 heterocycles. The Bertz CT molecular complexity index is 980. The largest absolute Gasteiger partial charge is 0.343 e. The fraction of sp³-hybridized carbons (Fsp3) is 0.321. The highest BCUT2D eigenvalue weighted by molar-refractivity contribution is 5.91. The molecule has 0 aliphatic rings. The SMILES string of the molecule is C=CC[C@@H](CC(=O)/C=C/CCCCC)c1cn(Cc2ccccc2)c2ccccc12. The van der Waals surface area contributed by atoms with Gasteiger partial charge in [-0.05, 0) is 48.4 Å². The van der Waals surface area contributed by atoms with Crippen molar-refractivity contribution < 1.29 is 4.79 Å². The van der Waals surface area contributed by atoms with E-state index in [0.29, 0.717) is 6.42 Å². The number of unbranched alkanes of at least 4 members (excludes halogenated alkanes) is 3. The fourth-order valence-electron chi connectivity index (χ4n) is 4.07. The molecule has 0 saturated carbocycles. The van der Waals surface area contributed by atoms with E-state index in [1.54, 1.807) is 6.08 Å². The van der Waals surface area contributed by atoms with Gasteiger partial charge in [-0.15, -0.1) is 6.58 Å². The van der Waals surface area contributed by atoms with Gasteiger partial charge in [0.05, 0.1) is 0 Å². The lowest BCUT2D eigenvalue weighted by Crippen LogP contribution is -2.05. The first-order valence-corrected chi connectivity index (χ1v) is 11.1. The number of fused-ring (bicyclic) bond motifs is 1. The maximum absolute atomic E-state index is 12.6. The predicted octanol–water partition coefficient (Wildman–Crippen LogP) is 7.45. The van der Waals surface area contributed by atoms with Gasteiger partial charge in [-0.2, -0.15) is 0 Å². The Labute approximate surface area is 180 Å². The normalized spacial score (nSPS) is 12.4. The molecule has 3 aromatic rings. The van der Waals surface area contributed by atoms with Gasteiger partial charge in [0.2, 0.25) is 0 Å². The van der Waals surface area contributed by atoms with E-state index in [-0.39, 0.29) is 11.7 Å². The first kappa shape index (κ1) is 21.8. The van der Waals surface area contributed by atoms with E-state index in [1.165, 1.54) is 34.9 Å². The summed E-state index contributed by atoms with van der Waals surface area (Å²) in [6.45, 7) is 6.97. The summed E-state index contributed by atoms with van der Waals surface area (Å²) in [5.41, 5.74) is 3.73. The molecule has 0 amide bonds. The molecule has 0 aliphatic heterocycles. The maximum Gasteiger partial charge on any atom is 0.155 e. The minimum Gasteiger partial charge on any atom is -0.343 e. The molecule has 1 aromatic heterocycles. The number of carbonyl (C=O) groups excluding carboxylic acids is 1. The van der Waals surface area contributed by atoms with Gasteiger partial charge in [0.1, 0.15) is 0 Å². The van der Waals surface area contributed by atoms with Crippen LogP contribution in [0.15, 0.2) is 85.6 Å². The van der Waals surface area contributed by atoms with Gasteiger partial charge in [-0.1, -0.05) is 80.4 Å². The van der Waals surface area contributed by atoms with E-state index in [0.717, 1.165) is 25.8 Å². The zero-order valence-electron chi connectivity index (χ0n) is 18.1. The number of hydrogen-bond acceptors (Lipinski definition) is 1. The van der Waals surface area contributed by atoms with Crippen molar-refractivity contribution in [2.75, 3.05) is 0 Å². The van der Waals surface area contributed by atoms with Crippen LogP contribution in [0.5, 0.6) is 0 Å². The number of hydrogen-bond donors (Lipinski definition) is 0. The number of rotatable bonds is 12. The molecule has 0 bridgehead atoms. The summed E-state index contributed by atoms with van der Waals surface area (Å²) in [5, 5.41) is 1.24. The van der Waals surface area contributed by atoms with E-state index in [2.05, 4.69) is 72.8 Å². The summed E-state index contributed by atoms with van der Waals surface area (Å²) in [7, 11) is 0. The number of aromatic nitrogens is 1. The molecule has 0 aliphatic carbocycles. The molecule has 30 heavy (non-hydrogen) atoms. The number of nitrogens with zero attached hydrogens (tertiary/aromatic N) is 1. The third-order valence-electron chi connectivity index (χ3n) is 5.63. The predicted molar refractivity (Wildman–Crippen MR) is 128 cm³/mol. The molecule has 156 valence electrons. The van der Waals surface area contributed by atoms with Crippen LogP contribution >= 0.6 is 0 Å². The van der Waals surface area contributed by atoms with E-state index < -0.39 is 0 Å². The van der Waals surface area contributed by atoms with Gasteiger partial charge in [0.25, 0.3) is 0 Å². The second-order valence-corrected chi connectivity index (χ2v) is 8.00. The second-order valence-electron chi connectivity index (χ2n) is 8.00. The molecule has 0 N–H and O–H groups in total. The Kier molecular flexibility index (Phi) is 8.26. The molecule has 2 aromatic carbocycles. The summed E-state index contributed by atoms with van der Waals surface area (Å²) in [4.78, 5) is 12.6. The number of carbonyl (C=O) groups is 1. The Hall–Kier alpha value is -2.87. The quantitative estimate of drug-likeness (QED) is 0.176. The Morgan fingerprint density at radius 1 is 1.07 bits per heavy atom. The van der Waals surface area contributed by atoms with Crippen molar-refractivity contribution in [1.82, 2.24) is 4.57 Å². The van der Waals surface area contributed by atoms with Crippen molar-refractivity contribution in [3.63, 3.8) is 0 Å². The molecular weight excluding hydrogens is 366 g/mol. The van der Waals surface area contributed by atoms with Crippen molar-refractivity contribution in [1.29, 1.82) is 0 Å². The van der Waals surface area contributed by atoms with Gasteiger partial charge >= 0.3 is 0 Å². The molecule has 2 nitrogen and oxygen atoms in total. The van der Waals surface area contributed by atoms with Crippen molar-refractivity contribution in [3.8, 4) is 0 Å². The average molecular weight is 400 g/mol. The smallest absolute Gasteiger partial charge is 0.155 e. The summed E-state index contributed by atoms with van der Waals surface area (Å²) >= 11 is 0. The molecule has 1 atom stereocenters. The van der Waals surface area contributed by atoms with Crippen LogP contribution in [0, 0.1) is 0 Å². The van der Waals surface area contributed by atoms with Crippen molar-refractivity contribution in [3.05, 3.63) is 96.7 Å². The van der Waals surface area contributed by atoms with Crippen LogP contribution < -0.4 is 0 Å². The zero-order chi connectivity index (χ0) is 21.2. The number of benzene rings is 2. The molecule has 2 heteroatoms. The van der Waals surface area contributed by atoms with Gasteiger partial charge < -0.3 is 4.57 Å². The highest BCUT2D eigenvalue weighted by atomic mass is 16.1. The van der Waals surface area contributed by atoms with Crippen LogP contribution in [0.2, 0.25) is 0 Å². The van der Waals surface area contributed by atoms with E-state index >= 15 is 0 Å². The fourth-order valence-corrected chi connectivity index (χ4v) is 4.07. The zero-order valence-corrected chi connectivity index (χ0v) is 18.1. The Morgan fingerprint density at radius 2 is 1.83 bits per heavy atom. The van der Waals surface area contributed by atoms with E-state index in [4.69, 9.17) is 0 Å². The van der Waals surface area contributed by atoms with Crippen molar-refractivity contribution in [2.45, 2.75) is 57.9 Å². The number of allylic oxidation sites excluding steroid dienone is 3. The molecule has 0 fully saturated rings. The first-order valence-electron chi connectivity index (χ1n) is 11.1. The topological polar surface area (TPSA) is 22.0 Å². The number of ketones is 1. The molecule has 0 unspecified atom stereocenters. The number of para-hydroxylation sites is 1. The average Bonchev–Trinajstić information content (AvgIpc) is 3.12. The minimum atomic E-state index is 0.150. The van der Waals surface area contributed by atoms with Crippen LogP contribution in [0.3, 0.4) is 0 Å². The van der Waals surface area contributed by atoms with Crippen LogP contribution in [-0.4, -0.2) is 10.4 Å². The first-order chi connectivity index (χ1) is 14.7. The van der Waals surface area contributed by atoms with Gasteiger partial charge in [0, 0.05) is 30.1 Å². The molecule has 0 spiro atoms. The van der Waals surface area contributed by atoms with E-state index in [9.17, 15) is 4.79 Å². The minimum absolute atomic E-state index is 0.150.